The number of halogens is 1. The van der Waals surface area contributed by atoms with Crippen LogP contribution in [0.1, 0.15) is 23.6 Å². The first kappa shape index (κ1) is 20.9. The Morgan fingerprint density at radius 3 is 2.37 bits per heavy atom. The Hall–Kier alpha value is -2.41. The summed E-state index contributed by atoms with van der Waals surface area (Å²) >= 11 is 0. The van der Waals surface area contributed by atoms with E-state index in [0.717, 1.165) is 27.3 Å². The number of nitrogens with one attached hydrogen (secondary N) is 1. The van der Waals surface area contributed by atoms with E-state index >= 15 is 0 Å². The topological polar surface area (TPSA) is 66.5 Å². The standard InChI is InChI=1S/C20H25FN2O3S/c1-14-5-6-15(2)19(13-14)23(27(4,25)26)16(3)20(24)22-12-11-17-7-9-18(21)10-8-17/h5-10,13,16H,11-12H2,1-4H3,(H,22,24)/t16-/m1/s1. The normalized spacial score (nSPS) is 12.5. The van der Waals surface area contributed by atoms with E-state index in [2.05, 4.69) is 5.32 Å². The number of aryl methyl sites for hydroxylation is 2. The molecule has 0 saturated carbocycles. The fourth-order valence-electron chi connectivity index (χ4n) is 2.87. The summed E-state index contributed by atoms with van der Waals surface area (Å²) in [6.45, 7) is 5.58. The number of carbonyl (C=O) groups excluding carboxylic acids is 1. The van der Waals surface area contributed by atoms with Crippen molar-refractivity contribution in [3.8, 4) is 0 Å². The molecule has 0 aliphatic carbocycles. The highest BCUT2D eigenvalue weighted by molar-refractivity contribution is 7.92. The highest BCUT2D eigenvalue weighted by Gasteiger charge is 2.30. The second kappa shape index (κ2) is 8.52. The Morgan fingerprint density at radius 2 is 1.78 bits per heavy atom. The molecule has 2 aromatic carbocycles. The van der Waals surface area contributed by atoms with Crippen molar-refractivity contribution in [1.29, 1.82) is 0 Å². The van der Waals surface area contributed by atoms with Gasteiger partial charge in [0, 0.05) is 6.54 Å². The number of hydrogen-bond donors (Lipinski definition) is 1. The molecule has 2 rings (SSSR count). The van der Waals surface area contributed by atoms with Gasteiger partial charge in [-0.25, -0.2) is 12.8 Å². The average molecular weight is 392 g/mol. The molecule has 1 N–H and O–H groups in total. The molecular formula is C20H25FN2O3S. The first-order chi connectivity index (χ1) is 12.6. The van der Waals surface area contributed by atoms with Crippen LogP contribution in [0.4, 0.5) is 10.1 Å². The summed E-state index contributed by atoms with van der Waals surface area (Å²) in [5, 5.41) is 2.76. The number of benzene rings is 2. The molecule has 0 fully saturated rings. The maximum Gasteiger partial charge on any atom is 0.243 e. The molecule has 146 valence electrons. The molecule has 0 aliphatic rings. The van der Waals surface area contributed by atoms with Gasteiger partial charge in [-0.05, 0) is 62.1 Å². The van der Waals surface area contributed by atoms with Crippen molar-refractivity contribution in [3.63, 3.8) is 0 Å². The molecular weight excluding hydrogens is 367 g/mol. The molecule has 0 aliphatic heterocycles. The van der Waals surface area contributed by atoms with E-state index in [1.807, 2.05) is 26.0 Å². The number of carbonyl (C=O) groups is 1. The molecule has 1 amide bonds. The van der Waals surface area contributed by atoms with E-state index in [1.54, 1.807) is 25.1 Å². The van der Waals surface area contributed by atoms with Gasteiger partial charge < -0.3 is 5.32 Å². The third-order valence-corrected chi connectivity index (χ3v) is 5.54. The largest absolute Gasteiger partial charge is 0.354 e. The van der Waals surface area contributed by atoms with Crippen molar-refractivity contribution in [2.75, 3.05) is 17.1 Å². The lowest BCUT2D eigenvalue weighted by atomic mass is 10.1. The van der Waals surface area contributed by atoms with Crippen LogP contribution in [0, 0.1) is 19.7 Å². The van der Waals surface area contributed by atoms with Crippen LogP contribution in [0.3, 0.4) is 0 Å². The predicted octanol–water partition coefficient (Wildman–Crippen LogP) is 2.96. The van der Waals surface area contributed by atoms with Crippen LogP contribution in [-0.4, -0.2) is 33.2 Å². The van der Waals surface area contributed by atoms with Crippen LogP contribution < -0.4 is 9.62 Å². The number of nitrogens with zero attached hydrogens (tertiary/aromatic N) is 1. The summed E-state index contributed by atoms with van der Waals surface area (Å²) in [5.74, 6) is -0.697. The molecule has 27 heavy (non-hydrogen) atoms. The number of hydrogen-bond acceptors (Lipinski definition) is 3. The Bertz CT molecular complexity index is 911. The summed E-state index contributed by atoms with van der Waals surface area (Å²) in [4.78, 5) is 12.6. The second-order valence-electron chi connectivity index (χ2n) is 6.69. The van der Waals surface area contributed by atoms with E-state index in [9.17, 15) is 17.6 Å². The fourth-order valence-corrected chi connectivity index (χ4v) is 4.09. The van der Waals surface area contributed by atoms with E-state index in [4.69, 9.17) is 0 Å². The lowest BCUT2D eigenvalue weighted by Crippen LogP contribution is -2.48. The Morgan fingerprint density at radius 1 is 1.15 bits per heavy atom. The minimum atomic E-state index is -3.65. The maximum absolute atomic E-state index is 12.9. The Balaban J connectivity index is 2.13. The molecule has 2 aromatic rings. The smallest absolute Gasteiger partial charge is 0.243 e. The first-order valence-corrected chi connectivity index (χ1v) is 10.5. The molecule has 0 aromatic heterocycles. The summed E-state index contributed by atoms with van der Waals surface area (Å²) in [6, 6.07) is 10.6. The van der Waals surface area contributed by atoms with E-state index in [0.29, 0.717) is 18.7 Å². The molecule has 0 spiro atoms. The number of sulfonamides is 1. The SMILES string of the molecule is Cc1ccc(C)c(N([C@H](C)C(=O)NCCc2ccc(F)cc2)S(C)(=O)=O)c1. The second-order valence-corrected chi connectivity index (χ2v) is 8.55. The summed E-state index contributed by atoms with van der Waals surface area (Å²) in [7, 11) is -3.65. The lowest BCUT2D eigenvalue weighted by molar-refractivity contribution is -0.121. The van der Waals surface area contributed by atoms with Gasteiger partial charge in [-0.3, -0.25) is 9.10 Å². The third kappa shape index (κ3) is 5.53. The van der Waals surface area contributed by atoms with Crippen LogP contribution in [0.5, 0.6) is 0 Å². The monoisotopic (exact) mass is 392 g/mol. The van der Waals surface area contributed by atoms with Crippen molar-refractivity contribution in [2.45, 2.75) is 33.2 Å². The van der Waals surface area contributed by atoms with Crippen molar-refractivity contribution in [1.82, 2.24) is 5.32 Å². The van der Waals surface area contributed by atoms with E-state index < -0.39 is 16.1 Å². The van der Waals surface area contributed by atoms with Crippen LogP contribution >= 0.6 is 0 Å². The molecule has 0 heterocycles. The van der Waals surface area contributed by atoms with Crippen LogP contribution in [0.2, 0.25) is 0 Å². The van der Waals surface area contributed by atoms with Crippen LogP contribution in [-0.2, 0) is 21.2 Å². The lowest BCUT2D eigenvalue weighted by Gasteiger charge is -2.29. The van der Waals surface area contributed by atoms with Gasteiger partial charge in [0.25, 0.3) is 0 Å². The maximum atomic E-state index is 12.9. The predicted molar refractivity (Wildman–Crippen MR) is 106 cm³/mol. The highest BCUT2D eigenvalue weighted by atomic mass is 32.2. The number of amides is 1. The van der Waals surface area contributed by atoms with Crippen molar-refractivity contribution in [3.05, 3.63) is 65.0 Å². The quantitative estimate of drug-likeness (QED) is 0.788. The zero-order valence-electron chi connectivity index (χ0n) is 16.0. The van der Waals surface area contributed by atoms with Gasteiger partial charge in [0.2, 0.25) is 15.9 Å². The summed E-state index contributed by atoms with van der Waals surface area (Å²) in [6.07, 6.45) is 1.62. The average Bonchev–Trinajstić information content (AvgIpc) is 2.58. The number of anilines is 1. The highest BCUT2D eigenvalue weighted by Crippen LogP contribution is 2.26. The van der Waals surface area contributed by atoms with Gasteiger partial charge in [-0.15, -0.1) is 0 Å². The minimum Gasteiger partial charge on any atom is -0.354 e. The third-order valence-electron chi connectivity index (χ3n) is 4.32. The molecule has 0 unspecified atom stereocenters. The Kier molecular flexibility index (Phi) is 6.59. The zero-order valence-corrected chi connectivity index (χ0v) is 16.8. The molecule has 0 bridgehead atoms. The molecule has 7 heteroatoms. The van der Waals surface area contributed by atoms with Crippen molar-refractivity contribution < 1.29 is 17.6 Å². The minimum absolute atomic E-state index is 0.311. The van der Waals surface area contributed by atoms with Crippen LogP contribution in [0.15, 0.2) is 42.5 Å². The van der Waals surface area contributed by atoms with Crippen LogP contribution in [0.25, 0.3) is 0 Å². The van der Waals surface area contributed by atoms with E-state index in [1.165, 1.54) is 12.1 Å². The van der Waals surface area contributed by atoms with Gasteiger partial charge in [-0.1, -0.05) is 24.3 Å². The molecule has 1 atom stereocenters. The van der Waals surface area contributed by atoms with Gasteiger partial charge in [0.05, 0.1) is 11.9 Å². The molecule has 5 nitrogen and oxygen atoms in total. The summed E-state index contributed by atoms with van der Waals surface area (Å²) in [5.41, 5.74) is 3.07. The fraction of sp³-hybridized carbons (Fsp3) is 0.350. The van der Waals surface area contributed by atoms with Crippen molar-refractivity contribution >= 4 is 21.6 Å². The first-order valence-electron chi connectivity index (χ1n) is 8.68. The Labute approximate surface area is 160 Å². The van der Waals surface area contributed by atoms with Gasteiger partial charge >= 0.3 is 0 Å². The zero-order chi connectivity index (χ0) is 20.2. The molecule has 0 saturated heterocycles. The number of rotatable bonds is 7. The molecule has 0 radical (unpaired) electrons. The van der Waals surface area contributed by atoms with Gasteiger partial charge in [0.15, 0.2) is 0 Å². The van der Waals surface area contributed by atoms with Gasteiger partial charge in [0.1, 0.15) is 11.9 Å². The summed E-state index contributed by atoms with van der Waals surface area (Å²) < 4.78 is 38.8. The van der Waals surface area contributed by atoms with Crippen molar-refractivity contribution in [2.24, 2.45) is 0 Å². The van der Waals surface area contributed by atoms with Gasteiger partial charge in [-0.2, -0.15) is 0 Å². The van der Waals surface area contributed by atoms with E-state index in [-0.39, 0.29) is 11.7 Å².